The zero-order valence-electron chi connectivity index (χ0n) is 22.9. The number of nitrogens with zero attached hydrogens (tertiary/aromatic N) is 3. The number of aliphatic hydroxyl groups excluding tert-OH is 1. The molecule has 2 aliphatic heterocycles. The second kappa shape index (κ2) is 12.2. The highest BCUT2D eigenvalue weighted by Gasteiger charge is 2.43. The van der Waals surface area contributed by atoms with Crippen LogP contribution in [0.3, 0.4) is 0 Å². The van der Waals surface area contributed by atoms with Crippen LogP contribution < -0.4 is 19.7 Å². The van der Waals surface area contributed by atoms with Crippen LogP contribution in [0.25, 0.3) is 11.3 Å². The fourth-order valence-electron chi connectivity index (χ4n) is 5.29. The van der Waals surface area contributed by atoms with Gasteiger partial charge in [-0.15, -0.1) is 0 Å². The van der Waals surface area contributed by atoms with E-state index in [9.17, 15) is 13.5 Å². The summed E-state index contributed by atoms with van der Waals surface area (Å²) in [6, 6.07) is 18.5. The highest BCUT2D eigenvalue weighted by atomic mass is 32.2. The van der Waals surface area contributed by atoms with E-state index in [1.807, 2.05) is 31.2 Å². The number of anilines is 1. The fraction of sp³-hybridized carbons (Fsp3) is 0.448. The second-order valence-corrected chi connectivity index (χ2v) is 12.4. The molecule has 0 aliphatic carbocycles. The van der Waals surface area contributed by atoms with Crippen molar-refractivity contribution < 1.29 is 23.0 Å². The number of sulfonamides is 1. The maximum Gasteiger partial charge on any atom is 0.240 e. The number of aliphatic hydroxyl groups is 1. The van der Waals surface area contributed by atoms with Gasteiger partial charge < -0.3 is 24.8 Å². The first-order valence-corrected chi connectivity index (χ1v) is 15.1. The van der Waals surface area contributed by atoms with Gasteiger partial charge in [-0.05, 0) is 51.4 Å². The first kappa shape index (κ1) is 28.4. The maximum atomic E-state index is 12.0. The maximum absolute atomic E-state index is 12.0. The van der Waals surface area contributed by atoms with Gasteiger partial charge in [0.05, 0.1) is 22.8 Å². The Labute approximate surface area is 235 Å². The monoisotopic (exact) mass is 567 g/mol. The summed E-state index contributed by atoms with van der Waals surface area (Å²) in [7, 11) is -2.20. The molecule has 2 aliphatic rings. The molecule has 214 valence electrons. The van der Waals surface area contributed by atoms with Gasteiger partial charge in [0, 0.05) is 43.0 Å². The van der Waals surface area contributed by atoms with Crippen molar-refractivity contribution in [1.29, 1.82) is 0 Å². The van der Waals surface area contributed by atoms with E-state index in [0.717, 1.165) is 55.3 Å². The molecular formula is C29H37N5O5S. The molecule has 2 unspecified atom stereocenters. The lowest BCUT2D eigenvalue weighted by atomic mass is 9.87. The average molecular weight is 568 g/mol. The summed E-state index contributed by atoms with van der Waals surface area (Å²) in [6.45, 7) is 4.64. The molecule has 2 aromatic carbocycles. The molecule has 40 heavy (non-hydrogen) atoms. The van der Waals surface area contributed by atoms with Gasteiger partial charge in [0.25, 0.3) is 0 Å². The first-order chi connectivity index (χ1) is 19.2. The van der Waals surface area contributed by atoms with Crippen LogP contribution in [0, 0.1) is 6.92 Å². The molecule has 0 radical (unpaired) electrons. The molecule has 3 N–H and O–H groups in total. The molecule has 1 aromatic heterocycles. The number of hydrogen-bond donors (Lipinski definition) is 3. The molecule has 0 amide bonds. The van der Waals surface area contributed by atoms with Crippen molar-refractivity contribution in [3.05, 3.63) is 66.4 Å². The Kier molecular flexibility index (Phi) is 8.67. The highest BCUT2D eigenvalue weighted by Crippen LogP contribution is 2.37. The van der Waals surface area contributed by atoms with Crippen molar-refractivity contribution >= 4 is 16.0 Å². The third-order valence-corrected chi connectivity index (χ3v) is 8.96. The minimum atomic E-state index is -3.56. The summed E-state index contributed by atoms with van der Waals surface area (Å²) in [5, 5.41) is 13.9. The van der Waals surface area contributed by atoms with Crippen molar-refractivity contribution in [2.24, 2.45) is 0 Å². The lowest BCUT2D eigenvalue weighted by molar-refractivity contribution is -0.0152. The lowest BCUT2D eigenvalue weighted by Gasteiger charge is -2.38. The van der Waals surface area contributed by atoms with Crippen molar-refractivity contribution in [2.45, 2.75) is 48.8 Å². The molecule has 5 rings (SSSR count). The smallest absolute Gasteiger partial charge is 0.240 e. The van der Waals surface area contributed by atoms with Gasteiger partial charge in [-0.1, -0.05) is 36.4 Å². The number of aryl methyl sites for hydroxylation is 1. The Hall–Kier alpha value is -3.09. The van der Waals surface area contributed by atoms with Crippen molar-refractivity contribution in [2.75, 3.05) is 44.8 Å². The number of piperidine rings is 1. The van der Waals surface area contributed by atoms with Gasteiger partial charge >= 0.3 is 0 Å². The lowest BCUT2D eigenvalue weighted by Crippen LogP contribution is -2.45. The summed E-state index contributed by atoms with van der Waals surface area (Å²) in [5.74, 6) is 1.15. The quantitative estimate of drug-likeness (QED) is 0.339. The van der Waals surface area contributed by atoms with E-state index in [1.54, 1.807) is 12.1 Å². The molecule has 3 aromatic rings. The summed E-state index contributed by atoms with van der Waals surface area (Å²) < 4.78 is 38.2. The number of aromatic nitrogens is 2. The number of ether oxygens (including phenoxy) is 2. The average Bonchev–Trinajstić information content (AvgIpc) is 3.37. The predicted molar refractivity (Wildman–Crippen MR) is 153 cm³/mol. The van der Waals surface area contributed by atoms with Gasteiger partial charge in [-0.25, -0.2) is 23.1 Å². The zero-order chi connectivity index (χ0) is 28.2. The molecule has 2 saturated heterocycles. The van der Waals surface area contributed by atoms with Crippen LogP contribution in [0.2, 0.25) is 0 Å². The normalized spacial score (nSPS) is 19.6. The Morgan fingerprint density at radius 1 is 1.12 bits per heavy atom. The predicted octanol–water partition coefficient (Wildman–Crippen LogP) is 2.52. The molecule has 11 heteroatoms. The minimum Gasteiger partial charge on any atom is -0.491 e. The fourth-order valence-corrected chi connectivity index (χ4v) is 6.06. The van der Waals surface area contributed by atoms with E-state index in [2.05, 4.69) is 27.1 Å². The minimum absolute atomic E-state index is 0.0468. The van der Waals surface area contributed by atoms with E-state index in [-0.39, 0.29) is 23.1 Å². The van der Waals surface area contributed by atoms with E-state index >= 15 is 0 Å². The molecule has 0 saturated carbocycles. The Bertz CT molecular complexity index is 1400. The van der Waals surface area contributed by atoms with Crippen LogP contribution in [0.15, 0.2) is 65.6 Å². The number of nitrogens with one attached hydrogen (secondary N) is 2. The molecule has 10 nitrogen and oxygen atoms in total. The van der Waals surface area contributed by atoms with E-state index < -0.39 is 16.1 Å². The third-order valence-electron chi connectivity index (χ3n) is 7.55. The highest BCUT2D eigenvalue weighted by molar-refractivity contribution is 7.89. The van der Waals surface area contributed by atoms with Crippen molar-refractivity contribution in [3.8, 4) is 17.0 Å². The molecular weight excluding hydrogens is 530 g/mol. The first-order valence-electron chi connectivity index (χ1n) is 13.6. The summed E-state index contributed by atoms with van der Waals surface area (Å²) in [4.78, 5) is 11.9. The van der Waals surface area contributed by atoms with E-state index in [4.69, 9.17) is 19.4 Å². The standard InChI is InChI=1S/C29H37N5O5S/c1-21-15-27(22-7-4-3-5-8-22)33-28(32-21)34-13-11-29(12-14-34)17-23(19-39-29)31-18-24(35)20-38-25-9-6-10-26(16-25)40(36,37)30-2/h3-10,15-16,23-24,30-31,35H,11-14,17-20H2,1-2H3. The van der Waals surface area contributed by atoms with Crippen LogP contribution >= 0.6 is 0 Å². The van der Waals surface area contributed by atoms with Crippen LogP contribution in [0.1, 0.15) is 25.0 Å². The van der Waals surface area contributed by atoms with Crippen LogP contribution in [0.4, 0.5) is 5.95 Å². The van der Waals surface area contributed by atoms with Gasteiger partial charge in [0.15, 0.2) is 0 Å². The molecule has 2 fully saturated rings. The van der Waals surface area contributed by atoms with Gasteiger partial charge in [-0.2, -0.15) is 0 Å². The van der Waals surface area contributed by atoms with Crippen LogP contribution in [-0.4, -0.2) is 81.1 Å². The number of benzene rings is 2. The largest absolute Gasteiger partial charge is 0.491 e. The summed E-state index contributed by atoms with van der Waals surface area (Å²) in [6.07, 6.45) is 1.91. The summed E-state index contributed by atoms with van der Waals surface area (Å²) >= 11 is 0. The van der Waals surface area contributed by atoms with Gasteiger partial charge in [0.2, 0.25) is 16.0 Å². The van der Waals surface area contributed by atoms with Crippen LogP contribution in [-0.2, 0) is 14.8 Å². The SMILES string of the molecule is CNS(=O)(=O)c1cccc(OCC(O)CNC2COC3(CCN(c4nc(C)cc(-c5ccccc5)n4)CC3)C2)c1. The molecule has 2 atom stereocenters. The molecule has 3 heterocycles. The zero-order valence-corrected chi connectivity index (χ0v) is 23.7. The Balaban J connectivity index is 1.09. The molecule has 1 spiro atoms. The van der Waals surface area contributed by atoms with Gasteiger partial charge in [-0.3, -0.25) is 0 Å². The van der Waals surface area contributed by atoms with Gasteiger partial charge in [0.1, 0.15) is 18.5 Å². The molecule has 0 bridgehead atoms. The van der Waals surface area contributed by atoms with Crippen molar-refractivity contribution in [3.63, 3.8) is 0 Å². The van der Waals surface area contributed by atoms with Crippen molar-refractivity contribution in [1.82, 2.24) is 20.0 Å². The Morgan fingerprint density at radius 2 is 1.90 bits per heavy atom. The van der Waals surface area contributed by atoms with Crippen LogP contribution in [0.5, 0.6) is 5.75 Å². The number of rotatable bonds is 10. The topological polar surface area (TPSA) is 126 Å². The van der Waals surface area contributed by atoms with E-state index in [0.29, 0.717) is 18.9 Å². The Morgan fingerprint density at radius 3 is 2.65 bits per heavy atom. The van der Waals surface area contributed by atoms with E-state index in [1.165, 1.54) is 19.2 Å². The number of hydrogen-bond acceptors (Lipinski definition) is 9. The summed E-state index contributed by atoms with van der Waals surface area (Å²) in [5.41, 5.74) is 2.78. The second-order valence-electron chi connectivity index (χ2n) is 10.5. The third kappa shape index (κ3) is 6.79.